The van der Waals surface area contributed by atoms with Gasteiger partial charge in [-0.2, -0.15) is 0 Å². The first kappa shape index (κ1) is 102. The summed E-state index contributed by atoms with van der Waals surface area (Å²) in [5.74, 6) is -21.9. The second-order valence-corrected chi connectivity index (χ2v) is 2.87. The quantitative estimate of drug-likeness (QED) is 0.112. The van der Waals surface area contributed by atoms with E-state index >= 15 is 0 Å². The van der Waals surface area contributed by atoms with E-state index in [2.05, 4.69) is 0 Å². The van der Waals surface area contributed by atoms with Crippen LogP contribution in [0.25, 0.3) is 0 Å². The molecule has 0 rings (SSSR count). The number of quaternary nitrogens is 10. The van der Waals surface area contributed by atoms with E-state index in [1.807, 2.05) is 0 Å². The minimum absolute atomic E-state index is 0. The fraction of sp³-hybridized carbons (Fsp3) is 0. The number of carbonyl (C=O) groups is 10. The number of carboxylic acids is 10. The number of aliphatic carboxylic acids is 10. The van der Waals surface area contributed by atoms with Gasteiger partial charge in [-0.3, -0.25) is 0 Å². The van der Waals surface area contributed by atoms with Crippen molar-refractivity contribution < 1.29 is 99.0 Å². The second kappa shape index (κ2) is 58.8. The zero-order chi connectivity index (χ0) is 25.8. The largest absolute Gasteiger partial charge is 0.543 e. The molecule has 0 saturated carbocycles. The summed E-state index contributed by atoms with van der Waals surface area (Å²) in [6, 6.07) is 0. The van der Waals surface area contributed by atoms with E-state index in [1.165, 1.54) is 0 Å². The van der Waals surface area contributed by atoms with Crippen LogP contribution in [-0.2, 0) is 47.9 Å². The van der Waals surface area contributed by atoms with Crippen molar-refractivity contribution >= 4 is 59.7 Å². The van der Waals surface area contributed by atoms with Crippen molar-refractivity contribution in [2.45, 2.75) is 0 Å². The van der Waals surface area contributed by atoms with Crippen LogP contribution in [0.4, 0.5) is 0 Å². The molecule has 0 atom stereocenters. The van der Waals surface area contributed by atoms with Crippen LogP contribution in [0.2, 0.25) is 0 Å². The Bertz CT molecular complexity index is 530. The molecule has 0 aliphatic rings. The molecule has 0 fully saturated rings. The highest BCUT2D eigenvalue weighted by Gasteiger charge is 1.76. The first-order chi connectivity index (χ1) is 13.2. The number of rotatable bonds is 0. The van der Waals surface area contributed by atoms with E-state index in [0.717, 1.165) is 0 Å². The molecule has 0 spiro atoms. The summed E-state index contributed by atoms with van der Waals surface area (Å²) in [5, 5.41) is 89.3. The maximum atomic E-state index is 8.93. The lowest BCUT2D eigenvalue weighted by atomic mass is 10.7. The van der Waals surface area contributed by atoms with E-state index in [4.69, 9.17) is 99.0 Å². The fourth-order valence-electron chi connectivity index (χ4n) is 0. The van der Waals surface area contributed by atoms with Gasteiger partial charge in [-0.25, -0.2) is 0 Å². The maximum Gasteiger partial charge on any atom is 0.0870 e. The molecular formula is C10H40N10O20. The third kappa shape index (κ3) is 155. The molecule has 30 heteroatoms. The van der Waals surface area contributed by atoms with E-state index in [-0.39, 0.29) is 61.5 Å². The van der Waals surface area contributed by atoms with Crippen molar-refractivity contribution in [1.82, 2.24) is 61.5 Å². The molecule has 40 N–H and O–H groups in total. The molecule has 0 bridgehead atoms. The van der Waals surface area contributed by atoms with Gasteiger partial charge in [-0.15, -0.1) is 0 Å². The van der Waals surface area contributed by atoms with E-state index in [0.29, 0.717) is 0 Å². The SMILES string of the molecule is O=C([O-])C(=O)[O-].O=C([O-])C(=O)[O-].O=C([O-])C(=O)[O-].O=C([O-])C(=O)[O-].O=C([O-])C(=O)[O-].[NH4+].[NH4+].[NH4+].[NH4+].[NH4+].[NH4+].[NH4+].[NH4+].[NH4+].[NH4+]. The first-order valence-electron chi connectivity index (χ1n) is 5.33. The Labute approximate surface area is 221 Å². The molecule has 0 unspecified atom stereocenters. The predicted octanol–water partition coefficient (Wildman–Crippen LogP) is -13.8. The second-order valence-electron chi connectivity index (χ2n) is 2.87. The van der Waals surface area contributed by atoms with Crippen LogP contribution < -0.4 is 113 Å². The lowest BCUT2D eigenvalue weighted by Gasteiger charge is -1.97. The van der Waals surface area contributed by atoms with Gasteiger partial charge in [0.15, 0.2) is 0 Å². The number of hydrogen-bond acceptors (Lipinski definition) is 20. The predicted molar refractivity (Wildman–Crippen MR) is 110 cm³/mol. The van der Waals surface area contributed by atoms with Gasteiger partial charge >= 0.3 is 0 Å². The molecule has 0 saturated heterocycles. The van der Waals surface area contributed by atoms with Crippen LogP contribution in [-0.4, -0.2) is 59.7 Å². The molecule has 0 radical (unpaired) electrons. The molecule has 0 aliphatic heterocycles. The molecule has 30 nitrogen and oxygen atoms in total. The molecular weight excluding hydrogens is 580 g/mol. The Hall–Kier alpha value is -5.70. The van der Waals surface area contributed by atoms with Crippen molar-refractivity contribution in [2.75, 3.05) is 0 Å². The summed E-state index contributed by atoms with van der Waals surface area (Å²) in [4.78, 5) is 89.3. The van der Waals surface area contributed by atoms with Crippen LogP contribution in [0.5, 0.6) is 0 Å². The van der Waals surface area contributed by atoms with Crippen molar-refractivity contribution in [3.05, 3.63) is 0 Å². The maximum absolute atomic E-state index is 8.93. The van der Waals surface area contributed by atoms with Crippen LogP contribution in [0.1, 0.15) is 0 Å². The van der Waals surface area contributed by atoms with Gasteiger partial charge in [0, 0.05) is 0 Å². The number of carboxylic acid groups (broad SMARTS) is 10. The standard InChI is InChI=1S/5C2H2O4.10H3N/c5*3-1(4)2(5)6;;;;;;;;;;/h5*(H,3,4)(H,5,6);10*1H3. The van der Waals surface area contributed by atoms with Gasteiger partial charge in [0.05, 0.1) is 59.7 Å². The zero-order valence-electron chi connectivity index (χ0n) is 23.2. The van der Waals surface area contributed by atoms with E-state index in [1.54, 1.807) is 0 Å². The van der Waals surface area contributed by atoms with Gasteiger partial charge < -0.3 is 161 Å². The Balaban J connectivity index is -0.0000000141. The summed E-state index contributed by atoms with van der Waals surface area (Å²) in [7, 11) is 0. The molecule has 40 heavy (non-hydrogen) atoms. The molecule has 0 aromatic carbocycles. The van der Waals surface area contributed by atoms with Gasteiger partial charge in [0.1, 0.15) is 0 Å². The molecule has 0 amide bonds. The molecule has 0 aliphatic carbocycles. The third-order valence-corrected chi connectivity index (χ3v) is 0.833. The smallest absolute Gasteiger partial charge is 0.0870 e. The van der Waals surface area contributed by atoms with E-state index in [9.17, 15) is 0 Å². The summed E-state index contributed by atoms with van der Waals surface area (Å²) in [6.45, 7) is 0. The van der Waals surface area contributed by atoms with Crippen LogP contribution in [0, 0.1) is 0 Å². The average molecular weight is 620 g/mol. The lowest BCUT2D eigenvalue weighted by Crippen LogP contribution is -2.42. The summed E-state index contributed by atoms with van der Waals surface area (Å²) < 4.78 is 0. The van der Waals surface area contributed by atoms with E-state index < -0.39 is 59.7 Å². The van der Waals surface area contributed by atoms with Crippen LogP contribution in [0.15, 0.2) is 0 Å². The van der Waals surface area contributed by atoms with Crippen molar-refractivity contribution in [3.63, 3.8) is 0 Å². The average Bonchev–Trinajstić information content (AvgIpc) is 2.56. The Kier molecular flexibility index (Phi) is 150. The topological polar surface area (TPSA) is 766 Å². The molecule has 0 heterocycles. The lowest BCUT2D eigenvalue weighted by molar-refractivity contribution is -0.345. The normalized spacial score (nSPS) is 5.50. The number of carbonyl (C=O) groups excluding carboxylic acids is 10. The van der Waals surface area contributed by atoms with Gasteiger partial charge in [0.25, 0.3) is 0 Å². The van der Waals surface area contributed by atoms with Crippen LogP contribution in [0.3, 0.4) is 0 Å². The summed E-state index contributed by atoms with van der Waals surface area (Å²) in [6.07, 6.45) is 0. The third-order valence-electron chi connectivity index (χ3n) is 0.833. The minimum Gasteiger partial charge on any atom is -0.543 e. The van der Waals surface area contributed by atoms with Crippen molar-refractivity contribution in [3.8, 4) is 0 Å². The first-order valence-corrected chi connectivity index (χ1v) is 5.33. The minimum atomic E-state index is -2.19. The molecule has 0 aromatic rings. The van der Waals surface area contributed by atoms with Gasteiger partial charge in [-0.05, 0) is 0 Å². The highest BCUT2D eigenvalue weighted by atomic mass is 16.5. The zero-order valence-corrected chi connectivity index (χ0v) is 23.2. The van der Waals surface area contributed by atoms with Gasteiger partial charge in [-0.1, -0.05) is 0 Å². The molecule has 0 aromatic heterocycles. The van der Waals surface area contributed by atoms with Crippen molar-refractivity contribution in [2.24, 2.45) is 0 Å². The molecule has 250 valence electrons. The fourth-order valence-corrected chi connectivity index (χ4v) is 0. The highest BCUT2D eigenvalue weighted by molar-refractivity contribution is 6.26. The monoisotopic (exact) mass is 620 g/mol. The van der Waals surface area contributed by atoms with Gasteiger partial charge in [0.2, 0.25) is 0 Å². The highest BCUT2D eigenvalue weighted by Crippen LogP contribution is 1.43. The Morgan fingerprint density at radius 1 is 0.175 bits per heavy atom. The number of hydrogen-bond donors (Lipinski definition) is 10. The van der Waals surface area contributed by atoms with Crippen molar-refractivity contribution in [1.29, 1.82) is 0 Å². The van der Waals surface area contributed by atoms with Crippen LogP contribution >= 0.6 is 0 Å². The Morgan fingerprint density at radius 2 is 0.200 bits per heavy atom. The summed E-state index contributed by atoms with van der Waals surface area (Å²) >= 11 is 0. The summed E-state index contributed by atoms with van der Waals surface area (Å²) in [5.41, 5.74) is 0. The Morgan fingerprint density at radius 3 is 0.200 bits per heavy atom.